The minimum absolute atomic E-state index is 0.0216. The third-order valence-electron chi connectivity index (χ3n) is 4.86. The Morgan fingerprint density at radius 3 is 2.41 bits per heavy atom. The number of hydrogen-bond donors (Lipinski definition) is 1. The number of carboxylic acids is 1. The lowest BCUT2D eigenvalue weighted by Gasteiger charge is -2.29. The number of aromatic nitrogens is 1. The van der Waals surface area contributed by atoms with Gasteiger partial charge < -0.3 is 14.4 Å². The van der Waals surface area contributed by atoms with Crippen LogP contribution in [0.25, 0.3) is 10.2 Å². The molecule has 0 aliphatic heterocycles. The summed E-state index contributed by atoms with van der Waals surface area (Å²) in [5, 5.41) is 9.28. The lowest BCUT2D eigenvalue weighted by atomic mass is 9.88. The molecule has 1 aromatic heterocycles. The first-order valence-corrected chi connectivity index (χ1v) is 9.67. The van der Waals surface area contributed by atoms with Gasteiger partial charge in [-0.3, -0.25) is 9.79 Å². The zero-order chi connectivity index (χ0) is 20.6. The Balaban J connectivity index is 2.67. The maximum Gasteiger partial charge on any atom is 0.335 e. The normalized spacial score (nSPS) is 14.4. The Hall–Kier alpha value is -2.15. The summed E-state index contributed by atoms with van der Waals surface area (Å²) in [5.74, 6) is -1.26. The Kier molecular flexibility index (Phi) is 5.85. The monoisotopic (exact) mass is 392 g/mol. The quantitative estimate of drug-likeness (QED) is 0.777. The zero-order valence-electron chi connectivity index (χ0n) is 17.0. The van der Waals surface area contributed by atoms with Gasteiger partial charge in [0.25, 0.3) is 0 Å². The van der Waals surface area contributed by atoms with E-state index in [1.54, 1.807) is 26.0 Å². The van der Waals surface area contributed by atoms with Gasteiger partial charge in [-0.1, -0.05) is 32.1 Å². The number of carbonyl (C=O) groups excluding carboxylic acids is 1. The van der Waals surface area contributed by atoms with Gasteiger partial charge in [-0.05, 0) is 44.4 Å². The predicted octanol–water partition coefficient (Wildman–Crippen LogP) is 4.11. The molecule has 0 aliphatic rings. The molecule has 2 rings (SSSR count). The first kappa shape index (κ1) is 21.2. The average molecular weight is 393 g/mol. The van der Waals surface area contributed by atoms with Gasteiger partial charge in [-0.25, -0.2) is 4.79 Å². The molecule has 1 unspecified atom stereocenters. The van der Waals surface area contributed by atoms with E-state index in [2.05, 4.69) is 32.3 Å². The van der Waals surface area contributed by atoms with Crippen LogP contribution in [0.2, 0.25) is 0 Å². The summed E-state index contributed by atoms with van der Waals surface area (Å²) in [6, 6.07) is 5.26. The molecule has 1 atom stereocenters. The number of nitrogens with zero attached hydrogens (tertiary/aromatic N) is 2. The van der Waals surface area contributed by atoms with E-state index in [4.69, 9.17) is 9.73 Å². The maximum atomic E-state index is 12.0. The van der Waals surface area contributed by atoms with Gasteiger partial charge in [0, 0.05) is 6.04 Å². The molecule has 27 heavy (non-hydrogen) atoms. The van der Waals surface area contributed by atoms with Crippen LogP contribution < -0.4 is 4.80 Å². The summed E-state index contributed by atoms with van der Waals surface area (Å²) in [7, 11) is 1.37. The third-order valence-corrected chi connectivity index (χ3v) is 5.92. The van der Waals surface area contributed by atoms with Crippen LogP contribution in [-0.4, -0.2) is 35.3 Å². The molecule has 1 heterocycles. The number of carboxylic acid groups (broad SMARTS) is 1. The highest BCUT2D eigenvalue weighted by Gasteiger charge is 2.29. The second-order valence-corrected chi connectivity index (χ2v) is 9.49. The SMILES string of the molecule is COC(=O)C(C)(C)CN=c1sc2cc(C(=O)O)ccc2n1C(C)C(C)(C)C. The first-order valence-electron chi connectivity index (χ1n) is 8.86. The van der Waals surface area contributed by atoms with Gasteiger partial charge in [0.05, 0.1) is 34.8 Å². The van der Waals surface area contributed by atoms with Crippen molar-refractivity contribution in [3.63, 3.8) is 0 Å². The van der Waals surface area contributed by atoms with Crippen LogP contribution in [0.1, 0.15) is 57.9 Å². The molecule has 0 amide bonds. The van der Waals surface area contributed by atoms with Gasteiger partial charge in [-0.2, -0.15) is 0 Å². The van der Waals surface area contributed by atoms with E-state index in [1.807, 2.05) is 6.07 Å². The van der Waals surface area contributed by atoms with Gasteiger partial charge in [0.2, 0.25) is 0 Å². The molecule has 0 aliphatic carbocycles. The second-order valence-electron chi connectivity index (χ2n) is 8.48. The van der Waals surface area contributed by atoms with E-state index in [-0.39, 0.29) is 29.5 Å². The van der Waals surface area contributed by atoms with Gasteiger partial charge >= 0.3 is 11.9 Å². The van der Waals surface area contributed by atoms with Gasteiger partial charge in [-0.15, -0.1) is 0 Å². The summed E-state index contributed by atoms with van der Waals surface area (Å²) >= 11 is 1.44. The van der Waals surface area contributed by atoms with Crippen molar-refractivity contribution in [2.45, 2.75) is 47.6 Å². The Morgan fingerprint density at radius 1 is 1.26 bits per heavy atom. The summed E-state index contributed by atoms with van der Waals surface area (Å²) < 4.78 is 7.87. The Bertz CT molecular complexity index is 932. The number of thiazole rings is 1. The highest BCUT2D eigenvalue weighted by molar-refractivity contribution is 7.16. The van der Waals surface area contributed by atoms with Crippen molar-refractivity contribution in [1.29, 1.82) is 0 Å². The van der Waals surface area contributed by atoms with E-state index in [0.717, 1.165) is 15.0 Å². The molecule has 148 valence electrons. The number of esters is 1. The van der Waals surface area contributed by atoms with E-state index in [1.165, 1.54) is 18.4 Å². The molecule has 0 spiro atoms. The summed E-state index contributed by atoms with van der Waals surface area (Å²) in [4.78, 5) is 28.8. The summed E-state index contributed by atoms with van der Waals surface area (Å²) in [6.07, 6.45) is 0. The van der Waals surface area contributed by atoms with Crippen molar-refractivity contribution in [1.82, 2.24) is 4.57 Å². The van der Waals surface area contributed by atoms with E-state index in [0.29, 0.717) is 0 Å². The van der Waals surface area contributed by atoms with Crippen LogP contribution in [-0.2, 0) is 9.53 Å². The number of carbonyl (C=O) groups is 2. The second kappa shape index (κ2) is 7.46. The Morgan fingerprint density at radius 2 is 1.89 bits per heavy atom. The molecular weight excluding hydrogens is 364 g/mol. The van der Waals surface area contributed by atoms with Crippen molar-refractivity contribution >= 4 is 33.5 Å². The van der Waals surface area contributed by atoms with Crippen LogP contribution in [0.4, 0.5) is 0 Å². The topological polar surface area (TPSA) is 80.9 Å². The molecule has 1 aromatic carbocycles. The van der Waals surface area contributed by atoms with Gasteiger partial charge in [0.1, 0.15) is 0 Å². The van der Waals surface area contributed by atoms with Crippen molar-refractivity contribution in [3.05, 3.63) is 28.6 Å². The van der Waals surface area contributed by atoms with Crippen LogP contribution >= 0.6 is 11.3 Å². The van der Waals surface area contributed by atoms with Gasteiger partial charge in [0.15, 0.2) is 4.80 Å². The molecule has 1 N–H and O–H groups in total. The molecule has 2 aromatic rings. The first-order chi connectivity index (χ1) is 12.4. The molecule has 0 fully saturated rings. The highest BCUT2D eigenvalue weighted by atomic mass is 32.1. The smallest absolute Gasteiger partial charge is 0.335 e. The molecule has 7 heteroatoms. The van der Waals surface area contributed by atoms with E-state index >= 15 is 0 Å². The van der Waals surface area contributed by atoms with E-state index < -0.39 is 11.4 Å². The average Bonchev–Trinajstić information content (AvgIpc) is 2.94. The van der Waals surface area contributed by atoms with E-state index in [9.17, 15) is 14.7 Å². The largest absolute Gasteiger partial charge is 0.478 e. The molecule has 0 radical (unpaired) electrons. The lowest BCUT2D eigenvalue weighted by molar-refractivity contribution is -0.150. The number of methoxy groups -OCH3 is 1. The Labute approximate surface area is 163 Å². The van der Waals surface area contributed by atoms with Crippen LogP contribution in [0.5, 0.6) is 0 Å². The maximum absolute atomic E-state index is 12.0. The van der Waals surface area contributed by atoms with Crippen LogP contribution in [0.15, 0.2) is 23.2 Å². The summed E-state index contributed by atoms with van der Waals surface area (Å²) in [5.41, 5.74) is 0.439. The number of hydrogen-bond acceptors (Lipinski definition) is 5. The van der Waals surface area contributed by atoms with Crippen LogP contribution in [0.3, 0.4) is 0 Å². The lowest BCUT2D eigenvalue weighted by Crippen LogP contribution is -2.32. The van der Waals surface area contributed by atoms with Crippen LogP contribution in [0, 0.1) is 10.8 Å². The number of rotatable bonds is 5. The number of benzene rings is 1. The molecular formula is C20H28N2O4S. The fourth-order valence-electron chi connectivity index (χ4n) is 2.65. The van der Waals surface area contributed by atoms with Crippen molar-refractivity contribution in [3.8, 4) is 0 Å². The van der Waals surface area contributed by atoms with Crippen molar-refractivity contribution < 1.29 is 19.4 Å². The molecule has 0 saturated heterocycles. The minimum atomic E-state index is -0.953. The molecule has 0 saturated carbocycles. The fourth-order valence-corrected chi connectivity index (χ4v) is 3.79. The minimum Gasteiger partial charge on any atom is -0.478 e. The molecule has 6 nitrogen and oxygen atoms in total. The standard InChI is InChI=1S/C20H28N2O4S/c1-12(19(2,3)4)22-14-9-8-13(16(23)24)10-15(14)27-18(22)21-11-20(5,6)17(25)26-7/h8-10,12H,11H2,1-7H3,(H,23,24). The zero-order valence-corrected chi connectivity index (χ0v) is 17.8. The number of aromatic carboxylic acids is 1. The molecule has 0 bridgehead atoms. The number of ether oxygens (including phenoxy) is 1. The number of fused-ring (bicyclic) bond motifs is 1. The predicted molar refractivity (Wildman–Crippen MR) is 107 cm³/mol. The summed E-state index contributed by atoms with van der Waals surface area (Å²) in [6.45, 7) is 12.5. The fraction of sp³-hybridized carbons (Fsp3) is 0.550. The highest BCUT2D eigenvalue weighted by Crippen LogP contribution is 2.33. The van der Waals surface area contributed by atoms with Crippen molar-refractivity contribution in [2.24, 2.45) is 15.8 Å². The van der Waals surface area contributed by atoms with Crippen molar-refractivity contribution in [2.75, 3.05) is 13.7 Å². The third kappa shape index (κ3) is 4.40.